The highest BCUT2D eigenvalue weighted by molar-refractivity contribution is 6.35. The van der Waals surface area contributed by atoms with Crippen molar-refractivity contribution in [1.82, 2.24) is 4.57 Å². The van der Waals surface area contributed by atoms with Crippen molar-refractivity contribution in [1.29, 1.82) is 0 Å². The van der Waals surface area contributed by atoms with Gasteiger partial charge in [0.15, 0.2) is 0 Å². The SMILES string of the molecule is Cn1ccc2c(Cl)cc(CCN)cc21. The summed E-state index contributed by atoms with van der Waals surface area (Å²) in [5.41, 5.74) is 7.89. The first-order valence-electron chi connectivity index (χ1n) is 4.66. The molecule has 14 heavy (non-hydrogen) atoms. The Morgan fingerprint density at radius 1 is 1.43 bits per heavy atom. The van der Waals surface area contributed by atoms with Gasteiger partial charge in [-0.3, -0.25) is 0 Å². The van der Waals surface area contributed by atoms with Crippen molar-refractivity contribution in [2.45, 2.75) is 6.42 Å². The van der Waals surface area contributed by atoms with E-state index in [2.05, 4.69) is 10.6 Å². The predicted octanol–water partition coefficient (Wildman–Crippen LogP) is 2.33. The Morgan fingerprint density at radius 2 is 2.21 bits per heavy atom. The first-order chi connectivity index (χ1) is 6.72. The molecule has 0 radical (unpaired) electrons. The molecule has 2 rings (SSSR count). The summed E-state index contributed by atoms with van der Waals surface area (Å²) in [7, 11) is 2.02. The van der Waals surface area contributed by atoms with Crippen molar-refractivity contribution in [3.8, 4) is 0 Å². The third-order valence-electron chi connectivity index (χ3n) is 2.45. The number of hydrogen-bond acceptors (Lipinski definition) is 1. The summed E-state index contributed by atoms with van der Waals surface area (Å²) in [5, 5.41) is 1.92. The van der Waals surface area contributed by atoms with Crippen LogP contribution in [0.2, 0.25) is 5.02 Å². The fourth-order valence-electron chi connectivity index (χ4n) is 1.69. The largest absolute Gasteiger partial charge is 0.350 e. The number of hydrogen-bond donors (Lipinski definition) is 1. The number of aryl methyl sites for hydroxylation is 1. The molecule has 1 aromatic carbocycles. The molecule has 0 aliphatic heterocycles. The number of nitrogens with zero attached hydrogens (tertiary/aromatic N) is 1. The number of rotatable bonds is 2. The van der Waals surface area contributed by atoms with Gasteiger partial charge >= 0.3 is 0 Å². The molecule has 3 heteroatoms. The number of benzene rings is 1. The fraction of sp³-hybridized carbons (Fsp3) is 0.273. The van der Waals surface area contributed by atoms with Gasteiger partial charge < -0.3 is 10.3 Å². The zero-order chi connectivity index (χ0) is 10.1. The third-order valence-corrected chi connectivity index (χ3v) is 2.76. The van der Waals surface area contributed by atoms with Crippen molar-refractivity contribution >= 4 is 22.5 Å². The van der Waals surface area contributed by atoms with E-state index in [1.165, 1.54) is 11.1 Å². The van der Waals surface area contributed by atoms with E-state index in [1.807, 2.05) is 25.4 Å². The van der Waals surface area contributed by atoms with Crippen LogP contribution in [-0.2, 0) is 13.5 Å². The maximum Gasteiger partial charge on any atom is 0.0502 e. The zero-order valence-corrected chi connectivity index (χ0v) is 8.88. The maximum atomic E-state index is 6.16. The van der Waals surface area contributed by atoms with E-state index in [1.54, 1.807) is 0 Å². The molecule has 1 aromatic heterocycles. The minimum Gasteiger partial charge on any atom is -0.350 e. The van der Waals surface area contributed by atoms with E-state index in [0.717, 1.165) is 16.8 Å². The average Bonchev–Trinajstić information content (AvgIpc) is 2.49. The van der Waals surface area contributed by atoms with E-state index >= 15 is 0 Å². The molecule has 0 amide bonds. The lowest BCUT2D eigenvalue weighted by Gasteiger charge is -2.03. The molecule has 0 aliphatic rings. The first-order valence-corrected chi connectivity index (χ1v) is 5.03. The Balaban J connectivity index is 2.63. The molecular weight excluding hydrogens is 196 g/mol. The lowest BCUT2D eigenvalue weighted by Crippen LogP contribution is -2.02. The molecule has 0 aliphatic carbocycles. The van der Waals surface area contributed by atoms with E-state index < -0.39 is 0 Å². The van der Waals surface area contributed by atoms with E-state index in [0.29, 0.717) is 6.54 Å². The normalized spacial score (nSPS) is 11.1. The lowest BCUT2D eigenvalue weighted by molar-refractivity contribution is 0.952. The number of aromatic nitrogens is 1. The summed E-state index contributed by atoms with van der Waals surface area (Å²) in [5.74, 6) is 0. The second-order valence-corrected chi connectivity index (χ2v) is 3.88. The van der Waals surface area contributed by atoms with E-state index in [-0.39, 0.29) is 0 Å². The van der Waals surface area contributed by atoms with Crippen molar-refractivity contribution < 1.29 is 0 Å². The summed E-state index contributed by atoms with van der Waals surface area (Å²) in [6.07, 6.45) is 2.89. The van der Waals surface area contributed by atoms with Gasteiger partial charge in [-0.2, -0.15) is 0 Å². The van der Waals surface area contributed by atoms with Crippen LogP contribution in [0, 0.1) is 0 Å². The summed E-state index contributed by atoms with van der Waals surface area (Å²) >= 11 is 6.16. The quantitative estimate of drug-likeness (QED) is 0.807. The number of fused-ring (bicyclic) bond motifs is 1. The summed E-state index contributed by atoms with van der Waals surface area (Å²) in [6.45, 7) is 0.659. The van der Waals surface area contributed by atoms with Gasteiger partial charge in [-0.1, -0.05) is 11.6 Å². The second kappa shape index (κ2) is 3.64. The van der Waals surface area contributed by atoms with Gasteiger partial charge in [0.25, 0.3) is 0 Å². The standard InChI is InChI=1S/C11H13ClN2/c1-14-5-3-9-10(12)6-8(2-4-13)7-11(9)14/h3,5-7H,2,4,13H2,1H3. The highest BCUT2D eigenvalue weighted by atomic mass is 35.5. The molecular formula is C11H13ClN2. The van der Waals surface area contributed by atoms with Crippen LogP contribution < -0.4 is 5.73 Å². The minimum absolute atomic E-state index is 0.659. The van der Waals surface area contributed by atoms with Crippen molar-refractivity contribution in [2.24, 2.45) is 12.8 Å². The third kappa shape index (κ3) is 1.51. The van der Waals surface area contributed by atoms with Gasteiger partial charge in [-0.15, -0.1) is 0 Å². The zero-order valence-electron chi connectivity index (χ0n) is 8.13. The second-order valence-electron chi connectivity index (χ2n) is 3.48. The van der Waals surface area contributed by atoms with Crippen LogP contribution in [0.3, 0.4) is 0 Å². The molecule has 0 fully saturated rings. The molecule has 0 unspecified atom stereocenters. The van der Waals surface area contributed by atoms with Crippen molar-refractivity contribution in [2.75, 3.05) is 6.54 Å². The van der Waals surface area contributed by atoms with Crippen LogP contribution in [0.4, 0.5) is 0 Å². The molecule has 0 saturated heterocycles. The summed E-state index contributed by atoms with van der Waals surface area (Å²) in [6, 6.07) is 6.18. The van der Waals surface area contributed by atoms with Crippen LogP contribution in [0.5, 0.6) is 0 Å². The summed E-state index contributed by atoms with van der Waals surface area (Å²) in [4.78, 5) is 0. The monoisotopic (exact) mass is 208 g/mol. The predicted molar refractivity (Wildman–Crippen MR) is 60.7 cm³/mol. The maximum absolute atomic E-state index is 6.16. The lowest BCUT2D eigenvalue weighted by atomic mass is 10.1. The van der Waals surface area contributed by atoms with Crippen LogP contribution >= 0.6 is 11.6 Å². The van der Waals surface area contributed by atoms with Gasteiger partial charge in [-0.25, -0.2) is 0 Å². The average molecular weight is 209 g/mol. The molecule has 0 saturated carbocycles. The molecule has 1 heterocycles. The Labute approximate surface area is 88.3 Å². The first kappa shape index (κ1) is 9.56. The van der Waals surface area contributed by atoms with Gasteiger partial charge in [0.05, 0.1) is 5.02 Å². The highest BCUT2D eigenvalue weighted by Gasteiger charge is 2.04. The molecule has 0 atom stereocenters. The highest BCUT2D eigenvalue weighted by Crippen LogP contribution is 2.25. The molecule has 74 valence electrons. The fourth-order valence-corrected chi connectivity index (χ4v) is 1.99. The molecule has 0 spiro atoms. The molecule has 2 N–H and O–H groups in total. The van der Waals surface area contributed by atoms with Crippen LogP contribution in [0.25, 0.3) is 10.9 Å². The van der Waals surface area contributed by atoms with Gasteiger partial charge in [0.2, 0.25) is 0 Å². The summed E-state index contributed by atoms with van der Waals surface area (Å²) < 4.78 is 2.07. The van der Waals surface area contributed by atoms with Crippen LogP contribution in [0.1, 0.15) is 5.56 Å². The topological polar surface area (TPSA) is 30.9 Å². The molecule has 0 bridgehead atoms. The van der Waals surface area contributed by atoms with Gasteiger partial charge in [-0.05, 0) is 36.7 Å². The Hall–Kier alpha value is -0.990. The van der Waals surface area contributed by atoms with Gasteiger partial charge in [0, 0.05) is 24.1 Å². The number of halogens is 1. The number of nitrogens with two attached hydrogens (primary N) is 1. The van der Waals surface area contributed by atoms with Crippen LogP contribution in [0.15, 0.2) is 24.4 Å². The molecule has 2 aromatic rings. The van der Waals surface area contributed by atoms with Crippen molar-refractivity contribution in [3.05, 3.63) is 35.0 Å². The van der Waals surface area contributed by atoms with Crippen molar-refractivity contribution in [3.63, 3.8) is 0 Å². The molecule has 2 nitrogen and oxygen atoms in total. The van der Waals surface area contributed by atoms with E-state index in [9.17, 15) is 0 Å². The minimum atomic E-state index is 0.659. The van der Waals surface area contributed by atoms with E-state index in [4.69, 9.17) is 17.3 Å². The van der Waals surface area contributed by atoms with Crippen LogP contribution in [-0.4, -0.2) is 11.1 Å². The van der Waals surface area contributed by atoms with Gasteiger partial charge in [0.1, 0.15) is 0 Å². The smallest absolute Gasteiger partial charge is 0.0502 e. The Kier molecular flexibility index (Phi) is 2.48. The Bertz CT molecular complexity index is 460. The Morgan fingerprint density at radius 3 is 2.93 bits per heavy atom.